The van der Waals surface area contributed by atoms with Gasteiger partial charge >= 0.3 is 12.1 Å². The van der Waals surface area contributed by atoms with Crippen molar-refractivity contribution in [1.29, 1.82) is 0 Å². The summed E-state index contributed by atoms with van der Waals surface area (Å²) in [6, 6.07) is 2.07. The van der Waals surface area contributed by atoms with E-state index in [2.05, 4.69) is 0 Å². The fraction of sp³-hybridized carbons (Fsp3) is 0.462. The molecule has 21 heavy (non-hydrogen) atoms. The van der Waals surface area contributed by atoms with Crippen LogP contribution in [0.3, 0.4) is 0 Å². The third-order valence-corrected chi connectivity index (χ3v) is 2.79. The van der Waals surface area contributed by atoms with Crippen LogP contribution >= 0.6 is 0 Å². The van der Waals surface area contributed by atoms with E-state index in [4.69, 9.17) is 14.2 Å². The van der Waals surface area contributed by atoms with Gasteiger partial charge in [0.25, 0.3) is 0 Å². The molecule has 0 aromatic heterocycles. The Kier molecular flexibility index (Phi) is 5.28. The van der Waals surface area contributed by atoms with Crippen LogP contribution in [0, 0.1) is 0 Å². The number of halogens is 3. The van der Waals surface area contributed by atoms with E-state index in [9.17, 15) is 18.0 Å². The van der Waals surface area contributed by atoms with Crippen LogP contribution in [0.4, 0.5) is 13.2 Å². The minimum absolute atomic E-state index is 0.292. The zero-order valence-electron chi connectivity index (χ0n) is 12.0. The Bertz CT molecular complexity index is 492. The van der Waals surface area contributed by atoms with E-state index in [1.807, 2.05) is 5.32 Å². The van der Waals surface area contributed by atoms with Crippen LogP contribution in [-0.4, -0.2) is 33.4 Å². The second-order valence-corrected chi connectivity index (χ2v) is 4.15. The third-order valence-electron chi connectivity index (χ3n) is 2.79. The fourth-order valence-corrected chi connectivity index (χ4v) is 1.71. The minimum atomic E-state index is -4.94. The Hall–Kier alpha value is -2.12. The summed E-state index contributed by atoms with van der Waals surface area (Å²) < 4.78 is 52.1. The molecule has 0 saturated heterocycles. The normalized spacial score (nSPS) is 12.5. The van der Waals surface area contributed by atoms with E-state index in [0.29, 0.717) is 22.8 Å². The van der Waals surface area contributed by atoms with Gasteiger partial charge in [-0.2, -0.15) is 13.2 Å². The summed E-state index contributed by atoms with van der Waals surface area (Å²) in [5, 5.41) is 1.86. The predicted octanol–water partition coefficient (Wildman–Crippen LogP) is 2.45. The van der Waals surface area contributed by atoms with Gasteiger partial charge in [0.2, 0.25) is 5.75 Å². The first-order valence-electron chi connectivity index (χ1n) is 5.92. The molecule has 0 unspecified atom stereocenters. The lowest BCUT2D eigenvalue weighted by Crippen LogP contribution is -2.38. The van der Waals surface area contributed by atoms with Crippen molar-refractivity contribution in [3.63, 3.8) is 0 Å². The quantitative estimate of drug-likeness (QED) is 0.908. The molecule has 0 bridgehead atoms. The molecule has 5 nitrogen and oxygen atoms in total. The Labute approximate surface area is 120 Å². The molecule has 0 fully saturated rings. The molecular weight excluding hydrogens is 291 g/mol. The lowest BCUT2D eigenvalue weighted by Gasteiger charge is -2.19. The van der Waals surface area contributed by atoms with Crippen LogP contribution < -0.4 is 19.5 Å². The molecule has 0 aliphatic carbocycles. The van der Waals surface area contributed by atoms with Gasteiger partial charge in [-0.15, -0.1) is 0 Å². The zero-order valence-corrected chi connectivity index (χ0v) is 12.0. The van der Waals surface area contributed by atoms with Crippen molar-refractivity contribution in [2.75, 3.05) is 21.3 Å². The van der Waals surface area contributed by atoms with Gasteiger partial charge in [0.1, 0.15) is 0 Å². The van der Waals surface area contributed by atoms with E-state index >= 15 is 0 Å². The number of carbonyl (C=O) groups excluding carboxylic acids is 1. The van der Waals surface area contributed by atoms with E-state index in [-0.39, 0.29) is 0 Å². The van der Waals surface area contributed by atoms with E-state index in [1.165, 1.54) is 40.4 Å². The number of benzene rings is 1. The van der Waals surface area contributed by atoms with Gasteiger partial charge in [-0.1, -0.05) is 0 Å². The monoisotopic (exact) mass is 307 g/mol. The van der Waals surface area contributed by atoms with Crippen molar-refractivity contribution < 1.29 is 32.2 Å². The van der Waals surface area contributed by atoms with Crippen LogP contribution in [0.15, 0.2) is 12.1 Å². The second-order valence-electron chi connectivity index (χ2n) is 4.15. The highest BCUT2D eigenvalue weighted by atomic mass is 19.4. The summed E-state index contributed by atoms with van der Waals surface area (Å²) in [4.78, 5) is 11.0. The van der Waals surface area contributed by atoms with E-state index in [0.717, 1.165) is 0 Å². The Balaban J connectivity index is 3.10. The van der Waals surface area contributed by atoms with Gasteiger partial charge in [-0.05, 0) is 24.6 Å². The summed E-state index contributed by atoms with van der Waals surface area (Å²) in [6.07, 6.45) is -4.94. The number of hydrogen-bond donors (Lipinski definition) is 1. The van der Waals surface area contributed by atoms with Crippen molar-refractivity contribution >= 4 is 5.91 Å². The maximum absolute atomic E-state index is 12.3. The number of hydrogen-bond acceptors (Lipinski definition) is 4. The van der Waals surface area contributed by atoms with Crippen molar-refractivity contribution in [1.82, 2.24) is 5.32 Å². The first-order chi connectivity index (χ1) is 9.74. The Morgan fingerprint density at radius 2 is 1.57 bits per heavy atom. The first kappa shape index (κ1) is 16.9. The van der Waals surface area contributed by atoms with Crippen molar-refractivity contribution in [2.24, 2.45) is 0 Å². The van der Waals surface area contributed by atoms with Crippen LogP contribution in [0.5, 0.6) is 17.2 Å². The second kappa shape index (κ2) is 6.55. The Morgan fingerprint density at radius 3 is 1.90 bits per heavy atom. The highest BCUT2D eigenvalue weighted by molar-refractivity contribution is 5.82. The molecule has 0 spiro atoms. The maximum Gasteiger partial charge on any atom is 0.471 e. The molecule has 1 aromatic carbocycles. The smallest absolute Gasteiger partial charge is 0.471 e. The molecule has 0 aliphatic heterocycles. The number of ether oxygens (including phenoxy) is 3. The summed E-state index contributed by atoms with van der Waals surface area (Å²) in [6.45, 7) is 1.42. The van der Waals surface area contributed by atoms with Crippen LogP contribution in [-0.2, 0) is 4.79 Å². The van der Waals surface area contributed by atoms with E-state index < -0.39 is 18.1 Å². The fourth-order valence-electron chi connectivity index (χ4n) is 1.71. The molecule has 1 atom stereocenters. The van der Waals surface area contributed by atoms with Gasteiger partial charge in [-0.25, -0.2) is 0 Å². The molecule has 1 amide bonds. The van der Waals surface area contributed by atoms with Gasteiger partial charge in [0.15, 0.2) is 11.5 Å². The number of rotatable bonds is 5. The van der Waals surface area contributed by atoms with Crippen molar-refractivity contribution in [3.05, 3.63) is 17.7 Å². The minimum Gasteiger partial charge on any atom is -0.493 e. The van der Waals surface area contributed by atoms with Gasteiger partial charge in [-0.3, -0.25) is 4.79 Å². The van der Waals surface area contributed by atoms with Crippen molar-refractivity contribution in [2.45, 2.75) is 19.1 Å². The van der Waals surface area contributed by atoms with Gasteiger partial charge in [0, 0.05) is 0 Å². The van der Waals surface area contributed by atoms with Crippen molar-refractivity contribution in [3.8, 4) is 17.2 Å². The molecule has 0 radical (unpaired) electrons. The summed E-state index contributed by atoms with van der Waals surface area (Å²) in [5.74, 6) is -1.11. The first-order valence-corrected chi connectivity index (χ1v) is 5.92. The SMILES string of the molecule is COc1cc([C@H](C)NC(=O)C(F)(F)F)cc(OC)c1OC. The molecule has 0 saturated carbocycles. The number of nitrogens with one attached hydrogen (secondary N) is 1. The van der Waals surface area contributed by atoms with E-state index in [1.54, 1.807) is 0 Å². The molecule has 1 rings (SSSR count). The standard InChI is InChI=1S/C13H16F3NO4/c1-7(17-12(18)13(14,15)16)8-5-9(19-2)11(21-4)10(6-8)20-3/h5-7H,1-4H3,(H,17,18)/t7-/m0/s1. The molecular formula is C13H16F3NO4. The lowest BCUT2D eigenvalue weighted by molar-refractivity contribution is -0.174. The average Bonchev–Trinajstić information content (AvgIpc) is 2.44. The molecule has 0 heterocycles. The average molecular weight is 307 g/mol. The zero-order chi connectivity index (χ0) is 16.2. The number of amides is 1. The Morgan fingerprint density at radius 1 is 1.10 bits per heavy atom. The topological polar surface area (TPSA) is 56.8 Å². The van der Waals surface area contributed by atoms with Gasteiger partial charge in [0.05, 0.1) is 27.4 Å². The molecule has 1 N–H and O–H groups in total. The van der Waals surface area contributed by atoms with Gasteiger partial charge < -0.3 is 19.5 Å². The summed E-state index contributed by atoms with van der Waals surface area (Å²) in [5.41, 5.74) is 0.391. The molecule has 0 aliphatic rings. The van der Waals surface area contributed by atoms with Crippen LogP contribution in [0.1, 0.15) is 18.5 Å². The van der Waals surface area contributed by atoms with Crippen LogP contribution in [0.25, 0.3) is 0 Å². The number of methoxy groups -OCH3 is 3. The summed E-state index contributed by atoms with van der Waals surface area (Å²) in [7, 11) is 4.19. The van der Waals surface area contributed by atoms with Crippen LogP contribution in [0.2, 0.25) is 0 Å². The predicted molar refractivity (Wildman–Crippen MR) is 68.7 cm³/mol. The number of alkyl halides is 3. The maximum atomic E-state index is 12.3. The largest absolute Gasteiger partial charge is 0.493 e. The lowest BCUT2D eigenvalue weighted by atomic mass is 10.1. The number of carbonyl (C=O) groups is 1. The molecule has 8 heteroatoms. The third kappa shape index (κ3) is 3.93. The highest BCUT2D eigenvalue weighted by Crippen LogP contribution is 2.39. The molecule has 118 valence electrons. The summed E-state index contributed by atoms with van der Waals surface area (Å²) >= 11 is 0. The highest BCUT2D eigenvalue weighted by Gasteiger charge is 2.39. The molecule has 1 aromatic rings.